The van der Waals surface area contributed by atoms with Crippen molar-refractivity contribution in [3.05, 3.63) is 21.5 Å². The summed E-state index contributed by atoms with van der Waals surface area (Å²) in [6, 6.07) is 4.58. The molecule has 0 aliphatic rings. The van der Waals surface area contributed by atoms with Gasteiger partial charge in [-0.25, -0.2) is 4.98 Å². The summed E-state index contributed by atoms with van der Waals surface area (Å²) in [5, 5.41) is 1.18. The van der Waals surface area contributed by atoms with Gasteiger partial charge in [0.05, 0.1) is 14.2 Å². The summed E-state index contributed by atoms with van der Waals surface area (Å²) < 4.78 is 4.08. The fourth-order valence-corrected chi connectivity index (χ4v) is 6.57. The molecule has 0 amide bonds. The molecule has 3 heterocycles. The summed E-state index contributed by atoms with van der Waals surface area (Å²) in [6.07, 6.45) is 6.44. The van der Waals surface area contributed by atoms with E-state index in [0.29, 0.717) is 0 Å². The first-order valence-electron chi connectivity index (χ1n) is 7.89. The summed E-state index contributed by atoms with van der Waals surface area (Å²) >= 11 is 9.30. The van der Waals surface area contributed by atoms with Crippen LogP contribution in [0.4, 0.5) is 0 Å². The van der Waals surface area contributed by atoms with E-state index in [1.165, 1.54) is 65.6 Å². The molecule has 3 aromatic rings. The third kappa shape index (κ3) is 3.66. The molecule has 22 heavy (non-hydrogen) atoms. The first kappa shape index (κ1) is 16.7. The number of unbranched alkanes of at least 4 members (excludes halogenated alkanes) is 3. The predicted octanol–water partition coefficient (Wildman–Crippen LogP) is 6.08. The lowest BCUT2D eigenvalue weighted by molar-refractivity contribution is 0.667. The number of hydrogen-bond acceptors (Lipinski definition) is 4. The van der Waals surface area contributed by atoms with Crippen molar-refractivity contribution >= 4 is 71.5 Å². The van der Waals surface area contributed by atoms with Crippen LogP contribution >= 0.6 is 49.9 Å². The molecule has 0 N–H and O–H groups in total. The Morgan fingerprint density at radius 2 is 2.00 bits per heavy atom. The first-order valence-corrected chi connectivity index (χ1v) is 11.1. The smallest absolute Gasteiger partial charge is 0.168 e. The standard InChI is InChI=1S/C16H19BBrNS3/c1-3-4-5-6-7-10-8-12(20-14(10)18)15-19-11-9-13(17-2)21-16(11)22-15/h8-9,17H,3-7H2,1-2H3. The van der Waals surface area contributed by atoms with Crippen molar-refractivity contribution in [2.45, 2.75) is 45.9 Å². The number of fused-ring (bicyclic) bond motifs is 1. The van der Waals surface area contributed by atoms with Crippen LogP contribution in [0.3, 0.4) is 0 Å². The molecule has 0 aliphatic carbocycles. The lowest BCUT2D eigenvalue weighted by Crippen LogP contribution is -2.02. The molecule has 116 valence electrons. The summed E-state index contributed by atoms with van der Waals surface area (Å²) in [7, 11) is 1.11. The Hall–Kier alpha value is -0.165. The van der Waals surface area contributed by atoms with Crippen molar-refractivity contribution in [2.75, 3.05) is 0 Å². The normalized spacial score (nSPS) is 11.4. The Balaban J connectivity index is 1.76. The number of aromatic nitrogens is 1. The number of halogens is 1. The van der Waals surface area contributed by atoms with Crippen LogP contribution in [-0.4, -0.2) is 12.3 Å². The SMILES string of the molecule is CBc1cc2nc(-c3cc(CCCCCC)c(Br)s3)sc2s1. The van der Waals surface area contributed by atoms with Gasteiger partial charge < -0.3 is 0 Å². The van der Waals surface area contributed by atoms with E-state index in [1.807, 2.05) is 34.0 Å². The highest BCUT2D eigenvalue weighted by Crippen LogP contribution is 2.40. The van der Waals surface area contributed by atoms with Gasteiger partial charge >= 0.3 is 0 Å². The van der Waals surface area contributed by atoms with Crippen molar-refractivity contribution in [3.8, 4) is 9.88 Å². The van der Waals surface area contributed by atoms with E-state index in [0.717, 1.165) is 7.28 Å². The second kappa shape index (κ2) is 7.60. The minimum Gasteiger partial charge on any atom is -0.234 e. The molecule has 1 nitrogen and oxygen atoms in total. The molecule has 0 unspecified atom stereocenters. The van der Waals surface area contributed by atoms with Gasteiger partial charge in [-0.05, 0) is 51.2 Å². The van der Waals surface area contributed by atoms with Crippen molar-refractivity contribution in [3.63, 3.8) is 0 Å². The Morgan fingerprint density at radius 3 is 2.73 bits per heavy atom. The van der Waals surface area contributed by atoms with Crippen molar-refractivity contribution < 1.29 is 0 Å². The Labute approximate surface area is 153 Å². The fourth-order valence-electron chi connectivity index (χ4n) is 2.49. The number of aryl methyl sites for hydroxylation is 1. The van der Waals surface area contributed by atoms with E-state index in [9.17, 15) is 0 Å². The molecule has 0 fully saturated rings. The Bertz CT molecular complexity index is 727. The number of thiophene rings is 2. The van der Waals surface area contributed by atoms with Gasteiger partial charge in [0.1, 0.15) is 9.02 Å². The van der Waals surface area contributed by atoms with Gasteiger partial charge in [-0.15, -0.1) is 34.0 Å². The summed E-state index contributed by atoms with van der Waals surface area (Å²) in [4.78, 5) is 6.14. The van der Waals surface area contributed by atoms with Crippen LogP contribution < -0.4 is 4.78 Å². The molecule has 6 heteroatoms. The number of rotatable bonds is 7. The zero-order valence-electron chi connectivity index (χ0n) is 12.9. The van der Waals surface area contributed by atoms with Crippen LogP contribution in [-0.2, 0) is 6.42 Å². The van der Waals surface area contributed by atoms with Gasteiger partial charge in [0.2, 0.25) is 0 Å². The second-order valence-electron chi connectivity index (χ2n) is 5.48. The monoisotopic (exact) mass is 411 g/mol. The zero-order valence-corrected chi connectivity index (χ0v) is 17.0. The van der Waals surface area contributed by atoms with Gasteiger partial charge in [-0.2, -0.15) is 0 Å². The number of thiazole rings is 1. The molecular formula is C16H19BBrNS3. The molecule has 0 radical (unpaired) electrons. The minimum atomic E-state index is 1.11. The molecule has 0 aliphatic heterocycles. The highest BCUT2D eigenvalue weighted by Gasteiger charge is 2.14. The summed E-state index contributed by atoms with van der Waals surface area (Å²) in [5.74, 6) is 0. The van der Waals surface area contributed by atoms with E-state index in [-0.39, 0.29) is 0 Å². The largest absolute Gasteiger partial charge is 0.234 e. The zero-order chi connectivity index (χ0) is 15.5. The van der Waals surface area contributed by atoms with Crippen LogP contribution in [0, 0.1) is 0 Å². The molecule has 0 atom stereocenters. The molecule has 3 rings (SSSR count). The number of hydrogen-bond donors (Lipinski definition) is 0. The maximum absolute atomic E-state index is 4.83. The molecule has 0 saturated carbocycles. The molecule has 0 aromatic carbocycles. The second-order valence-corrected chi connectivity index (χ2v) is 10.2. The lowest BCUT2D eigenvalue weighted by Gasteiger charge is -1.98. The Kier molecular flexibility index (Phi) is 5.77. The van der Waals surface area contributed by atoms with Crippen LogP contribution in [0.1, 0.15) is 38.2 Å². The average Bonchev–Trinajstić information content (AvgIpc) is 3.16. The quantitative estimate of drug-likeness (QED) is 0.339. The van der Waals surface area contributed by atoms with Crippen molar-refractivity contribution in [2.24, 2.45) is 0 Å². The first-order chi connectivity index (χ1) is 10.7. The van der Waals surface area contributed by atoms with Crippen molar-refractivity contribution in [1.29, 1.82) is 0 Å². The van der Waals surface area contributed by atoms with Gasteiger partial charge in [0, 0.05) is 0 Å². The van der Waals surface area contributed by atoms with Gasteiger partial charge in [0.15, 0.2) is 7.28 Å². The minimum absolute atomic E-state index is 1.11. The van der Waals surface area contributed by atoms with E-state index in [2.05, 4.69) is 41.8 Å². The van der Waals surface area contributed by atoms with E-state index in [4.69, 9.17) is 4.98 Å². The fraction of sp³-hybridized carbons (Fsp3) is 0.438. The molecule has 0 bridgehead atoms. The van der Waals surface area contributed by atoms with Crippen molar-refractivity contribution in [1.82, 2.24) is 4.98 Å². The molecular weight excluding hydrogens is 393 g/mol. The van der Waals surface area contributed by atoms with Gasteiger partial charge in [-0.1, -0.05) is 33.0 Å². The van der Waals surface area contributed by atoms with E-state index >= 15 is 0 Å². The van der Waals surface area contributed by atoms with E-state index in [1.54, 1.807) is 0 Å². The van der Waals surface area contributed by atoms with Gasteiger partial charge in [-0.3, -0.25) is 0 Å². The molecule has 3 aromatic heterocycles. The maximum Gasteiger partial charge on any atom is 0.168 e. The topological polar surface area (TPSA) is 12.9 Å². The van der Waals surface area contributed by atoms with Crippen LogP contribution in [0.5, 0.6) is 0 Å². The maximum atomic E-state index is 4.83. The highest BCUT2D eigenvalue weighted by molar-refractivity contribution is 9.11. The van der Waals surface area contributed by atoms with E-state index < -0.39 is 0 Å². The third-order valence-corrected chi connectivity index (χ3v) is 8.32. The van der Waals surface area contributed by atoms with Gasteiger partial charge in [0.25, 0.3) is 0 Å². The average molecular weight is 412 g/mol. The highest BCUT2D eigenvalue weighted by atomic mass is 79.9. The molecule has 0 spiro atoms. The number of nitrogens with zero attached hydrogens (tertiary/aromatic N) is 1. The van der Waals surface area contributed by atoms with Crippen LogP contribution in [0.15, 0.2) is 15.9 Å². The lowest BCUT2D eigenvalue weighted by atomic mass is 9.81. The summed E-state index contributed by atoms with van der Waals surface area (Å²) in [6.45, 7) is 4.47. The molecule has 0 saturated heterocycles. The van der Waals surface area contributed by atoms with Crippen LogP contribution in [0.25, 0.3) is 19.4 Å². The Morgan fingerprint density at radius 1 is 1.14 bits per heavy atom. The summed E-state index contributed by atoms with van der Waals surface area (Å²) in [5.41, 5.74) is 2.62. The van der Waals surface area contributed by atoms with Crippen LogP contribution in [0.2, 0.25) is 6.82 Å². The third-order valence-electron chi connectivity index (χ3n) is 3.76. The predicted molar refractivity (Wildman–Crippen MR) is 109 cm³/mol.